The van der Waals surface area contributed by atoms with E-state index in [9.17, 15) is 0 Å². The van der Waals surface area contributed by atoms with Crippen LogP contribution in [0.5, 0.6) is 5.75 Å². The summed E-state index contributed by atoms with van der Waals surface area (Å²) in [6.07, 6.45) is 2.05. The van der Waals surface area contributed by atoms with E-state index >= 15 is 0 Å². The van der Waals surface area contributed by atoms with Crippen molar-refractivity contribution < 1.29 is 4.74 Å². The SMILES string of the molecule is C=CC(c1ccccc1)C(c1ccc(Br)cc1)c1ccc(OC)cc1. The van der Waals surface area contributed by atoms with Crippen molar-refractivity contribution in [2.45, 2.75) is 11.8 Å². The predicted octanol–water partition coefficient (Wildman–Crippen LogP) is 6.56. The summed E-state index contributed by atoms with van der Waals surface area (Å²) in [5.41, 5.74) is 3.78. The Bertz CT molecular complexity index is 807. The van der Waals surface area contributed by atoms with E-state index in [0.29, 0.717) is 0 Å². The highest BCUT2D eigenvalue weighted by molar-refractivity contribution is 9.10. The van der Waals surface area contributed by atoms with Crippen molar-refractivity contribution in [2.75, 3.05) is 7.11 Å². The van der Waals surface area contributed by atoms with Crippen molar-refractivity contribution in [3.05, 3.63) is 113 Å². The van der Waals surface area contributed by atoms with Crippen LogP contribution >= 0.6 is 15.9 Å². The molecule has 0 aliphatic carbocycles. The van der Waals surface area contributed by atoms with E-state index in [2.05, 4.69) is 83.2 Å². The minimum atomic E-state index is 0.191. The second-order valence-corrected chi connectivity index (χ2v) is 6.89. The van der Waals surface area contributed by atoms with Crippen LogP contribution in [0.25, 0.3) is 0 Å². The molecule has 0 spiro atoms. The predicted molar refractivity (Wildman–Crippen MR) is 108 cm³/mol. The average Bonchev–Trinajstić information content (AvgIpc) is 2.68. The van der Waals surface area contributed by atoms with Gasteiger partial charge in [0.15, 0.2) is 0 Å². The van der Waals surface area contributed by atoms with Crippen LogP contribution in [0.1, 0.15) is 28.5 Å². The summed E-state index contributed by atoms with van der Waals surface area (Å²) in [6, 6.07) is 27.4. The molecule has 0 aliphatic heterocycles. The number of benzene rings is 3. The minimum absolute atomic E-state index is 0.191. The van der Waals surface area contributed by atoms with E-state index in [4.69, 9.17) is 4.74 Å². The summed E-state index contributed by atoms with van der Waals surface area (Å²) in [6.45, 7) is 4.13. The number of allylic oxidation sites excluding steroid dienone is 1. The largest absolute Gasteiger partial charge is 0.497 e. The van der Waals surface area contributed by atoms with Gasteiger partial charge in [-0.2, -0.15) is 0 Å². The van der Waals surface area contributed by atoms with Gasteiger partial charge in [0.25, 0.3) is 0 Å². The fourth-order valence-corrected chi connectivity index (χ4v) is 3.49. The van der Waals surface area contributed by atoms with E-state index in [1.54, 1.807) is 7.11 Å². The third-order valence-corrected chi connectivity index (χ3v) is 5.03. The Morgan fingerprint density at radius 1 is 0.800 bits per heavy atom. The summed E-state index contributed by atoms with van der Waals surface area (Å²) in [5, 5.41) is 0. The van der Waals surface area contributed by atoms with Crippen LogP contribution < -0.4 is 4.74 Å². The van der Waals surface area contributed by atoms with Crippen molar-refractivity contribution in [3.63, 3.8) is 0 Å². The quantitative estimate of drug-likeness (QED) is 0.431. The second-order valence-electron chi connectivity index (χ2n) is 5.97. The molecule has 126 valence electrons. The molecule has 0 saturated carbocycles. The van der Waals surface area contributed by atoms with Gasteiger partial charge in [-0.25, -0.2) is 0 Å². The summed E-state index contributed by atoms with van der Waals surface area (Å²) in [7, 11) is 1.69. The molecule has 0 amide bonds. The van der Waals surface area contributed by atoms with Gasteiger partial charge < -0.3 is 4.74 Å². The summed E-state index contributed by atoms with van der Waals surface area (Å²) in [4.78, 5) is 0. The smallest absolute Gasteiger partial charge is 0.118 e. The first kappa shape index (κ1) is 17.5. The lowest BCUT2D eigenvalue weighted by Gasteiger charge is -2.26. The van der Waals surface area contributed by atoms with Gasteiger partial charge in [-0.05, 0) is 41.0 Å². The van der Waals surface area contributed by atoms with Gasteiger partial charge in [-0.1, -0.05) is 76.6 Å². The van der Waals surface area contributed by atoms with Gasteiger partial charge in [-0.3, -0.25) is 0 Å². The number of rotatable bonds is 6. The molecular weight excluding hydrogens is 372 g/mol. The second kappa shape index (κ2) is 8.17. The Kier molecular flexibility index (Phi) is 5.72. The molecular formula is C23H21BrO. The molecule has 0 aromatic heterocycles. The molecule has 1 nitrogen and oxygen atoms in total. The van der Waals surface area contributed by atoms with Crippen LogP contribution in [0.15, 0.2) is 96.0 Å². The number of ether oxygens (including phenoxy) is 1. The molecule has 0 radical (unpaired) electrons. The van der Waals surface area contributed by atoms with Crippen molar-refractivity contribution in [3.8, 4) is 5.75 Å². The van der Waals surface area contributed by atoms with Gasteiger partial charge in [0.2, 0.25) is 0 Å². The standard InChI is InChI=1S/C23H21BrO/c1-3-22(17-7-5-4-6-8-17)23(18-9-13-20(24)14-10-18)19-11-15-21(25-2)16-12-19/h3-16,22-23H,1H2,2H3. The maximum absolute atomic E-state index is 5.32. The maximum atomic E-state index is 5.32. The third kappa shape index (κ3) is 4.02. The monoisotopic (exact) mass is 392 g/mol. The molecule has 0 bridgehead atoms. The van der Waals surface area contributed by atoms with Crippen molar-refractivity contribution in [1.82, 2.24) is 0 Å². The van der Waals surface area contributed by atoms with Gasteiger partial charge in [0.1, 0.15) is 5.75 Å². The van der Waals surface area contributed by atoms with E-state index in [0.717, 1.165) is 10.2 Å². The molecule has 0 fully saturated rings. The lowest BCUT2D eigenvalue weighted by molar-refractivity contribution is 0.414. The van der Waals surface area contributed by atoms with Crippen LogP contribution in [-0.2, 0) is 0 Å². The Morgan fingerprint density at radius 3 is 1.88 bits per heavy atom. The molecule has 2 heteroatoms. The molecule has 0 saturated heterocycles. The van der Waals surface area contributed by atoms with E-state index in [1.807, 2.05) is 24.3 Å². The zero-order valence-corrected chi connectivity index (χ0v) is 15.8. The fourth-order valence-electron chi connectivity index (χ4n) is 3.23. The van der Waals surface area contributed by atoms with Crippen molar-refractivity contribution in [1.29, 1.82) is 0 Å². The van der Waals surface area contributed by atoms with E-state index in [1.165, 1.54) is 16.7 Å². The molecule has 2 unspecified atom stereocenters. The Hall–Kier alpha value is -2.32. The highest BCUT2D eigenvalue weighted by Crippen LogP contribution is 2.40. The molecule has 25 heavy (non-hydrogen) atoms. The molecule has 2 atom stereocenters. The normalized spacial score (nSPS) is 13.0. The first-order chi connectivity index (χ1) is 12.2. The van der Waals surface area contributed by atoms with Crippen molar-refractivity contribution >= 4 is 15.9 Å². The Balaban J connectivity index is 2.09. The molecule has 0 heterocycles. The summed E-state index contributed by atoms with van der Waals surface area (Å²) in [5.74, 6) is 1.25. The maximum Gasteiger partial charge on any atom is 0.118 e. The molecule has 3 aromatic carbocycles. The van der Waals surface area contributed by atoms with Gasteiger partial charge in [0, 0.05) is 16.3 Å². The number of methoxy groups -OCH3 is 1. The molecule has 3 aromatic rings. The lowest BCUT2D eigenvalue weighted by Crippen LogP contribution is -2.11. The first-order valence-corrected chi connectivity index (χ1v) is 9.09. The molecule has 3 rings (SSSR count). The number of halogens is 1. The highest BCUT2D eigenvalue weighted by atomic mass is 79.9. The van der Waals surface area contributed by atoms with Crippen LogP contribution in [-0.4, -0.2) is 7.11 Å². The van der Waals surface area contributed by atoms with Crippen LogP contribution in [0, 0.1) is 0 Å². The number of hydrogen-bond donors (Lipinski definition) is 0. The van der Waals surface area contributed by atoms with Gasteiger partial charge in [0.05, 0.1) is 7.11 Å². The summed E-state index contributed by atoms with van der Waals surface area (Å²) >= 11 is 3.53. The van der Waals surface area contributed by atoms with E-state index < -0.39 is 0 Å². The van der Waals surface area contributed by atoms with Crippen molar-refractivity contribution in [2.24, 2.45) is 0 Å². The Morgan fingerprint density at radius 2 is 1.36 bits per heavy atom. The number of hydrogen-bond acceptors (Lipinski definition) is 1. The summed E-state index contributed by atoms with van der Waals surface area (Å²) < 4.78 is 6.40. The van der Waals surface area contributed by atoms with Crippen LogP contribution in [0.3, 0.4) is 0 Å². The van der Waals surface area contributed by atoms with E-state index in [-0.39, 0.29) is 11.8 Å². The zero-order valence-electron chi connectivity index (χ0n) is 14.2. The van der Waals surface area contributed by atoms with Gasteiger partial charge >= 0.3 is 0 Å². The van der Waals surface area contributed by atoms with Crippen LogP contribution in [0.2, 0.25) is 0 Å². The average molecular weight is 393 g/mol. The topological polar surface area (TPSA) is 9.23 Å². The van der Waals surface area contributed by atoms with Gasteiger partial charge in [-0.15, -0.1) is 6.58 Å². The molecule has 0 N–H and O–H groups in total. The zero-order chi connectivity index (χ0) is 17.6. The van der Waals surface area contributed by atoms with Crippen LogP contribution in [0.4, 0.5) is 0 Å². The lowest BCUT2D eigenvalue weighted by atomic mass is 9.77. The first-order valence-electron chi connectivity index (χ1n) is 8.30. The third-order valence-electron chi connectivity index (χ3n) is 4.50. The fraction of sp³-hybridized carbons (Fsp3) is 0.130. The Labute approximate surface area is 158 Å². The molecule has 0 aliphatic rings. The highest BCUT2D eigenvalue weighted by Gasteiger charge is 2.24. The minimum Gasteiger partial charge on any atom is -0.497 e.